The van der Waals surface area contributed by atoms with Gasteiger partial charge in [-0.05, 0) is 61.4 Å². The second kappa shape index (κ2) is 12.0. The van der Waals surface area contributed by atoms with Crippen molar-refractivity contribution in [1.82, 2.24) is 9.21 Å². The smallest absolute Gasteiger partial charge is 0.409 e. The Balaban J connectivity index is 1.28. The second-order valence-corrected chi connectivity index (χ2v) is 12.7. The van der Waals surface area contributed by atoms with Gasteiger partial charge >= 0.3 is 6.09 Å². The van der Waals surface area contributed by atoms with E-state index in [0.29, 0.717) is 28.5 Å². The average Bonchev–Trinajstić information content (AvgIpc) is 3.56. The lowest BCUT2D eigenvalue weighted by Crippen LogP contribution is -2.50. The summed E-state index contributed by atoms with van der Waals surface area (Å²) in [5.74, 6) is 0.137. The van der Waals surface area contributed by atoms with Crippen LogP contribution in [-0.2, 0) is 21.2 Å². The molecule has 14 heteroatoms. The number of nitrogens with one attached hydrogen (secondary N) is 1. The minimum Gasteiger partial charge on any atom is -0.454 e. The highest BCUT2D eigenvalue weighted by molar-refractivity contribution is 7.89. The van der Waals surface area contributed by atoms with E-state index in [0.717, 1.165) is 10.4 Å². The van der Waals surface area contributed by atoms with Gasteiger partial charge in [0.2, 0.25) is 16.8 Å². The fourth-order valence-corrected chi connectivity index (χ4v) is 7.44. The number of thiophene rings is 1. The van der Waals surface area contributed by atoms with Crippen LogP contribution in [0.25, 0.3) is 0 Å². The van der Waals surface area contributed by atoms with Gasteiger partial charge in [-0.1, -0.05) is 6.07 Å². The van der Waals surface area contributed by atoms with Gasteiger partial charge in [0.25, 0.3) is 11.8 Å². The molecule has 0 aliphatic carbocycles. The van der Waals surface area contributed by atoms with Crippen LogP contribution >= 0.6 is 11.3 Å². The first-order valence-electron chi connectivity index (χ1n) is 13.2. The largest absolute Gasteiger partial charge is 0.454 e. The van der Waals surface area contributed by atoms with Crippen molar-refractivity contribution in [3.05, 3.63) is 69.6 Å². The highest BCUT2D eigenvalue weighted by atomic mass is 32.2. The first kappa shape index (κ1) is 29.4. The topological polar surface area (TPSA) is 158 Å². The molecule has 1 saturated heterocycles. The van der Waals surface area contributed by atoms with Gasteiger partial charge in [-0.15, -0.1) is 11.3 Å². The van der Waals surface area contributed by atoms with Crippen molar-refractivity contribution < 1.29 is 37.0 Å². The van der Waals surface area contributed by atoms with E-state index in [4.69, 9.17) is 19.9 Å². The number of carbonyl (C=O) groups is 3. The Hall–Kier alpha value is -4.14. The summed E-state index contributed by atoms with van der Waals surface area (Å²) in [7, 11) is -3.83. The molecule has 3 amide bonds. The zero-order valence-corrected chi connectivity index (χ0v) is 24.7. The number of hydrogen-bond acceptors (Lipinski definition) is 9. The average molecular weight is 615 g/mol. The summed E-state index contributed by atoms with van der Waals surface area (Å²) in [6.45, 7) is 4.60. The number of nitrogens with zero attached hydrogens (tertiary/aromatic N) is 2. The number of rotatable bonds is 8. The van der Waals surface area contributed by atoms with E-state index in [-0.39, 0.29) is 55.6 Å². The van der Waals surface area contributed by atoms with Crippen LogP contribution in [0.4, 0.5) is 9.80 Å². The third kappa shape index (κ3) is 5.91. The number of nitrogens with two attached hydrogens (primary N) is 1. The molecule has 3 N–H and O–H groups in total. The van der Waals surface area contributed by atoms with E-state index in [9.17, 15) is 22.8 Å². The quantitative estimate of drug-likeness (QED) is 0.392. The number of fused-ring (bicyclic) bond motifs is 1. The molecule has 0 saturated carbocycles. The van der Waals surface area contributed by atoms with Gasteiger partial charge in [0.05, 0.1) is 17.1 Å². The predicted molar refractivity (Wildman–Crippen MR) is 155 cm³/mol. The zero-order chi connectivity index (χ0) is 30.0. The van der Waals surface area contributed by atoms with Crippen LogP contribution in [0.5, 0.6) is 11.5 Å². The van der Waals surface area contributed by atoms with Gasteiger partial charge in [-0.2, -0.15) is 4.31 Å². The monoisotopic (exact) mass is 614 g/mol. The second-order valence-electron chi connectivity index (χ2n) is 9.65. The first-order valence-corrected chi connectivity index (χ1v) is 15.5. The van der Waals surface area contributed by atoms with E-state index in [1.54, 1.807) is 13.8 Å². The lowest BCUT2D eigenvalue weighted by molar-refractivity contribution is 0.0933. The molecule has 222 valence electrons. The number of sulfonamides is 1. The third-order valence-electron chi connectivity index (χ3n) is 7.04. The summed E-state index contributed by atoms with van der Waals surface area (Å²) in [6, 6.07) is 11.2. The van der Waals surface area contributed by atoms with E-state index in [1.165, 1.54) is 44.8 Å². The molecule has 2 aliphatic rings. The van der Waals surface area contributed by atoms with E-state index in [1.807, 2.05) is 18.2 Å². The molecule has 0 bridgehead atoms. The molecular weight excluding hydrogens is 584 g/mol. The van der Waals surface area contributed by atoms with Gasteiger partial charge in [-0.3, -0.25) is 9.59 Å². The maximum Gasteiger partial charge on any atom is 0.409 e. The molecule has 0 atom stereocenters. The van der Waals surface area contributed by atoms with E-state index >= 15 is 0 Å². The molecule has 3 aromatic rings. The number of primary amides is 1. The molecule has 0 spiro atoms. The van der Waals surface area contributed by atoms with Crippen molar-refractivity contribution in [1.29, 1.82) is 0 Å². The molecule has 42 heavy (non-hydrogen) atoms. The van der Waals surface area contributed by atoms with Crippen LogP contribution in [-0.4, -0.2) is 75.1 Å². The number of piperazine rings is 1. The van der Waals surface area contributed by atoms with Gasteiger partial charge in [0.15, 0.2) is 11.5 Å². The van der Waals surface area contributed by atoms with Crippen molar-refractivity contribution in [3.63, 3.8) is 0 Å². The molecule has 0 radical (unpaired) electrons. The molecule has 2 aromatic carbocycles. The fourth-order valence-electron chi connectivity index (χ4n) is 4.78. The normalized spacial score (nSPS) is 15.0. The Bertz CT molecular complexity index is 1630. The van der Waals surface area contributed by atoms with Gasteiger partial charge < -0.3 is 30.2 Å². The molecule has 3 heterocycles. The molecule has 5 rings (SSSR count). The Morgan fingerprint density at radius 1 is 1.02 bits per heavy atom. The molecule has 2 aliphatic heterocycles. The van der Waals surface area contributed by atoms with Gasteiger partial charge in [-0.25, -0.2) is 13.2 Å². The molecule has 1 aromatic heterocycles. The number of ether oxygens (including phenoxy) is 3. The summed E-state index contributed by atoms with van der Waals surface area (Å²) in [5, 5.41) is 3.09. The van der Waals surface area contributed by atoms with Crippen LogP contribution in [0, 0.1) is 6.92 Å². The Morgan fingerprint density at radius 3 is 2.38 bits per heavy atom. The number of amides is 3. The summed E-state index contributed by atoms with van der Waals surface area (Å²) in [5.41, 5.74) is 7.72. The van der Waals surface area contributed by atoms with Crippen molar-refractivity contribution in [2.45, 2.75) is 25.2 Å². The Morgan fingerprint density at radius 2 is 1.71 bits per heavy atom. The Labute approximate surface area is 247 Å². The molecule has 1 fully saturated rings. The van der Waals surface area contributed by atoms with E-state index < -0.39 is 27.9 Å². The molecule has 12 nitrogen and oxygen atoms in total. The van der Waals surface area contributed by atoms with Crippen LogP contribution in [0.3, 0.4) is 0 Å². The molecule has 0 unspecified atom stereocenters. The lowest BCUT2D eigenvalue weighted by Gasteiger charge is -2.33. The highest BCUT2D eigenvalue weighted by Crippen LogP contribution is 2.37. The number of hydrogen-bond donors (Lipinski definition) is 2. The minimum atomic E-state index is -3.83. The van der Waals surface area contributed by atoms with Crippen LogP contribution < -0.4 is 20.5 Å². The van der Waals surface area contributed by atoms with E-state index in [2.05, 4.69) is 5.32 Å². The van der Waals surface area contributed by atoms with Gasteiger partial charge in [0, 0.05) is 43.0 Å². The van der Waals surface area contributed by atoms with Gasteiger partial charge in [0.1, 0.15) is 5.00 Å². The number of benzene rings is 2. The van der Waals surface area contributed by atoms with Crippen LogP contribution in [0.2, 0.25) is 0 Å². The maximum atomic E-state index is 13.2. The van der Waals surface area contributed by atoms with Crippen molar-refractivity contribution >= 4 is 44.3 Å². The summed E-state index contributed by atoms with van der Waals surface area (Å²) >= 11 is 1.25. The predicted octanol–water partition coefficient (Wildman–Crippen LogP) is 3.19. The van der Waals surface area contributed by atoms with Crippen molar-refractivity contribution in [2.75, 3.05) is 44.9 Å². The van der Waals surface area contributed by atoms with Crippen molar-refractivity contribution in [2.24, 2.45) is 5.73 Å². The standard InChI is InChI=1S/C28H30N4O8S2/c1-3-38-28(35)31-10-12-32(13-11-31)42(36,37)20-7-5-19(6-8-20)26(34)30-27-24(25(29)33)17(2)23(41-27)15-18-4-9-21-22(14-18)40-16-39-21/h4-9,14H,3,10-13,15-16H2,1-2H3,(H2,29,33)(H,30,34). The maximum absolute atomic E-state index is 13.2. The van der Waals surface area contributed by atoms with Crippen LogP contribution in [0.1, 0.15) is 43.6 Å². The summed E-state index contributed by atoms with van der Waals surface area (Å²) < 4.78 is 43.4. The lowest BCUT2D eigenvalue weighted by atomic mass is 10.1. The summed E-state index contributed by atoms with van der Waals surface area (Å²) in [4.78, 5) is 39.7. The minimum absolute atomic E-state index is 0.0273. The highest BCUT2D eigenvalue weighted by Gasteiger charge is 2.31. The summed E-state index contributed by atoms with van der Waals surface area (Å²) in [6.07, 6.45) is 0.0227. The van der Waals surface area contributed by atoms with Crippen molar-refractivity contribution in [3.8, 4) is 11.5 Å². The molecular formula is C28H30N4O8S2. The zero-order valence-electron chi connectivity index (χ0n) is 23.0. The number of carbonyl (C=O) groups excluding carboxylic acids is 3. The third-order valence-corrected chi connectivity index (χ3v) is 10.2. The van der Waals surface area contributed by atoms with Crippen LogP contribution in [0.15, 0.2) is 47.4 Å². The fraction of sp³-hybridized carbons (Fsp3) is 0.321. The Kier molecular flexibility index (Phi) is 8.38. The number of anilines is 1. The first-order chi connectivity index (χ1) is 20.1. The SMILES string of the molecule is CCOC(=O)N1CCN(S(=O)(=O)c2ccc(C(=O)Nc3sc(Cc4ccc5c(c4)OCO5)c(C)c3C(N)=O)cc2)CC1.